The van der Waals surface area contributed by atoms with Crippen LogP contribution in [0.1, 0.15) is 12.6 Å². The molecule has 0 aliphatic rings. The first-order chi connectivity index (χ1) is 6.45. The summed E-state index contributed by atoms with van der Waals surface area (Å²) >= 11 is 0. The van der Waals surface area contributed by atoms with Crippen LogP contribution in [0.3, 0.4) is 0 Å². The van der Waals surface area contributed by atoms with Gasteiger partial charge >= 0.3 is 6.30 Å². The van der Waals surface area contributed by atoms with E-state index in [1.54, 1.807) is 6.92 Å². The standard InChI is InChI=1S/C8H12F3N3/c1-6(3-12)2-7-4-13-5-14(7)8(9,10)11/h4-6H,2-3,12H2,1H3. The van der Waals surface area contributed by atoms with Crippen LogP contribution in [0.4, 0.5) is 13.2 Å². The summed E-state index contributed by atoms with van der Waals surface area (Å²) in [5.74, 6) is 0.0211. The molecule has 1 rings (SSSR count). The lowest BCUT2D eigenvalue weighted by Crippen LogP contribution is -2.21. The average Bonchev–Trinajstić information content (AvgIpc) is 2.51. The van der Waals surface area contributed by atoms with Gasteiger partial charge in [-0.05, 0) is 18.9 Å². The Morgan fingerprint density at radius 2 is 2.21 bits per heavy atom. The van der Waals surface area contributed by atoms with Crippen molar-refractivity contribution < 1.29 is 13.2 Å². The van der Waals surface area contributed by atoms with Crippen LogP contribution in [0.15, 0.2) is 12.5 Å². The molecule has 1 atom stereocenters. The van der Waals surface area contributed by atoms with Gasteiger partial charge in [-0.15, -0.1) is 13.2 Å². The number of hydrogen-bond donors (Lipinski definition) is 1. The van der Waals surface area contributed by atoms with Crippen LogP contribution >= 0.6 is 0 Å². The molecule has 0 fully saturated rings. The van der Waals surface area contributed by atoms with E-state index < -0.39 is 6.30 Å². The molecule has 1 aromatic heterocycles. The first-order valence-electron chi connectivity index (χ1n) is 4.23. The van der Waals surface area contributed by atoms with Gasteiger partial charge in [-0.3, -0.25) is 0 Å². The number of rotatable bonds is 3. The lowest BCUT2D eigenvalue weighted by Gasteiger charge is -2.13. The van der Waals surface area contributed by atoms with Gasteiger partial charge in [0.2, 0.25) is 0 Å². The lowest BCUT2D eigenvalue weighted by atomic mass is 10.1. The second-order valence-corrected chi connectivity index (χ2v) is 3.27. The molecular weight excluding hydrogens is 195 g/mol. The van der Waals surface area contributed by atoms with E-state index in [1.807, 2.05) is 0 Å². The average molecular weight is 207 g/mol. The van der Waals surface area contributed by atoms with Crippen LogP contribution in [0.2, 0.25) is 0 Å². The zero-order valence-corrected chi connectivity index (χ0v) is 7.75. The quantitative estimate of drug-likeness (QED) is 0.816. The molecule has 6 heteroatoms. The monoisotopic (exact) mass is 207 g/mol. The second kappa shape index (κ2) is 4.00. The molecule has 1 heterocycles. The van der Waals surface area contributed by atoms with Gasteiger partial charge in [0.1, 0.15) is 6.33 Å². The van der Waals surface area contributed by atoms with Crippen molar-refractivity contribution in [3.63, 3.8) is 0 Å². The third-order valence-electron chi connectivity index (χ3n) is 1.95. The van der Waals surface area contributed by atoms with Gasteiger partial charge in [-0.1, -0.05) is 6.92 Å². The van der Waals surface area contributed by atoms with Crippen molar-refractivity contribution in [1.82, 2.24) is 9.55 Å². The summed E-state index contributed by atoms with van der Waals surface area (Å²) in [6.45, 7) is 2.16. The first-order valence-corrected chi connectivity index (χ1v) is 4.23. The molecule has 0 radical (unpaired) electrons. The molecule has 2 N–H and O–H groups in total. The van der Waals surface area contributed by atoms with Gasteiger partial charge in [-0.2, -0.15) is 0 Å². The Kier molecular flexibility index (Phi) is 3.15. The molecule has 0 bridgehead atoms. The van der Waals surface area contributed by atoms with Crippen molar-refractivity contribution in [3.8, 4) is 0 Å². The maximum Gasteiger partial charge on any atom is 0.489 e. The smallest absolute Gasteiger partial charge is 0.330 e. The molecular formula is C8H12F3N3. The van der Waals surface area contributed by atoms with Crippen molar-refractivity contribution in [2.24, 2.45) is 11.7 Å². The van der Waals surface area contributed by atoms with E-state index in [9.17, 15) is 13.2 Å². The Hall–Kier alpha value is -1.04. The van der Waals surface area contributed by atoms with E-state index in [0.29, 0.717) is 6.54 Å². The molecule has 14 heavy (non-hydrogen) atoms. The van der Waals surface area contributed by atoms with Crippen LogP contribution in [0, 0.1) is 5.92 Å². The highest BCUT2D eigenvalue weighted by Crippen LogP contribution is 2.24. The van der Waals surface area contributed by atoms with Gasteiger partial charge in [0, 0.05) is 11.9 Å². The van der Waals surface area contributed by atoms with Gasteiger partial charge in [0.15, 0.2) is 0 Å². The lowest BCUT2D eigenvalue weighted by molar-refractivity contribution is -0.205. The number of nitrogens with two attached hydrogens (primary N) is 1. The highest BCUT2D eigenvalue weighted by Gasteiger charge is 2.32. The molecule has 80 valence electrons. The van der Waals surface area contributed by atoms with Crippen LogP contribution in [-0.2, 0) is 12.7 Å². The molecule has 1 unspecified atom stereocenters. The van der Waals surface area contributed by atoms with E-state index in [-0.39, 0.29) is 22.6 Å². The topological polar surface area (TPSA) is 43.8 Å². The molecule has 3 nitrogen and oxygen atoms in total. The third kappa shape index (κ3) is 2.47. The van der Waals surface area contributed by atoms with Crippen LogP contribution in [-0.4, -0.2) is 16.1 Å². The molecule has 0 saturated heterocycles. The largest absolute Gasteiger partial charge is 0.489 e. The summed E-state index contributed by atoms with van der Waals surface area (Å²) in [4.78, 5) is 3.48. The molecule has 0 spiro atoms. The summed E-state index contributed by atoms with van der Waals surface area (Å²) in [6, 6.07) is 0. The Balaban J connectivity index is 2.83. The molecule has 0 aliphatic carbocycles. The fourth-order valence-electron chi connectivity index (χ4n) is 1.14. The SMILES string of the molecule is CC(CN)Cc1cncn1C(F)(F)F. The summed E-state index contributed by atoms with van der Waals surface area (Å²) in [6.07, 6.45) is -2.10. The second-order valence-electron chi connectivity index (χ2n) is 3.27. The highest BCUT2D eigenvalue weighted by molar-refractivity contribution is 5.00. The number of nitrogens with zero attached hydrogens (tertiary/aromatic N) is 2. The van der Waals surface area contributed by atoms with E-state index in [0.717, 1.165) is 6.33 Å². The zero-order chi connectivity index (χ0) is 10.8. The fourth-order valence-corrected chi connectivity index (χ4v) is 1.14. The van der Waals surface area contributed by atoms with E-state index in [4.69, 9.17) is 5.73 Å². The predicted molar refractivity (Wildman–Crippen MR) is 45.4 cm³/mol. The minimum atomic E-state index is -4.39. The Morgan fingerprint density at radius 1 is 1.57 bits per heavy atom. The normalized spacial score (nSPS) is 14.4. The van der Waals surface area contributed by atoms with Crippen molar-refractivity contribution in [2.75, 3.05) is 6.54 Å². The predicted octanol–water partition coefficient (Wildman–Crippen LogP) is 1.50. The van der Waals surface area contributed by atoms with Gasteiger partial charge < -0.3 is 5.73 Å². The maximum absolute atomic E-state index is 12.3. The van der Waals surface area contributed by atoms with Crippen molar-refractivity contribution in [3.05, 3.63) is 18.2 Å². The van der Waals surface area contributed by atoms with Crippen molar-refractivity contribution >= 4 is 0 Å². The number of alkyl halides is 3. The van der Waals surface area contributed by atoms with E-state index in [2.05, 4.69) is 4.98 Å². The maximum atomic E-state index is 12.3. The van der Waals surface area contributed by atoms with Crippen molar-refractivity contribution in [2.45, 2.75) is 19.6 Å². The summed E-state index contributed by atoms with van der Waals surface area (Å²) in [5, 5.41) is 0. The Morgan fingerprint density at radius 3 is 2.71 bits per heavy atom. The molecule has 0 aliphatic heterocycles. The summed E-state index contributed by atoms with van der Waals surface area (Å²) in [7, 11) is 0. The molecule has 1 aromatic rings. The highest BCUT2D eigenvalue weighted by atomic mass is 19.4. The zero-order valence-electron chi connectivity index (χ0n) is 7.75. The number of hydrogen-bond acceptors (Lipinski definition) is 2. The number of halogens is 3. The molecule has 0 saturated carbocycles. The van der Waals surface area contributed by atoms with E-state index >= 15 is 0 Å². The van der Waals surface area contributed by atoms with Gasteiger partial charge in [0.05, 0.1) is 0 Å². The fraction of sp³-hybridized carbons (Fsp3) is 0.625. The van der Waals surface area contributed by atoms with Crippen molar-refractivity contribution in [1.29, 1.82) is 0 Å². The van der Waals surface area contributed by atoms with Crippen LogP contribution in [0.5, 0.6) is 0 Å². The Bertz CT molecular complexity index is 292. The Labute approximate surface area is 79.7 Å². The first kappa shape index (κ1) is 11.0. The summed E-state index contributed by atoms with van der Waals surface area (Å²) < 4.78 is 37.2. The molecule has 0 aromatic carbocycles. The van der Waals surface area contributed by atoms with Crippen LogP contribution < -0.4 is 5.73 Å². The van der Waals surface area contributed by atoms with Gasteiger partial charge in [-0.25, -0.2) is 9.55 Å². The van der Waals surface area contributed by atoms with Gasteiger partial charge in [0.25, 0.3) is 0 Å². The minimum Gasteiger partial charge on any atom is -0.330 e. The molecule has 0 amide bonds. The van der Waals surface area contributed by atoms with Crippen LogP contribution in [0.25, 0.3) is 0 Å². The number of aromatic nitrogens is 2. The number of imidazole rings is 1. The third-order valence-corrected chi connectivity index (χ3v) is 1.95. The van der Waals surface area contributed by atoms with E-state index in [1.165, 1.54) is 6.20 Å². The summed E-state index contributed by atoms with van der Waals surface area (Å²) in [5.41, 5.74) is 5.49. The minimum absolute atomic E-state index is 0.0211.